The van der Waals surface area contributed by atoms with Crippen molar-refractivity contribution in [2.45, 2.75) is 26.2 Å². The molecule has 0 spiro atoms. The van der Waals surface area contributed by atoms with Crippen molar-refractivity contribution in [2.75, 3.05) is 18.4 Å². The minimum atomic E-state index is -1.02. The first kappa shape index (κ1) is 16.0. The maximum atomic E-state index is 12.6. The van der Waals surface area contributed by atoms with Crippen molar-refractivity contribution in [2.24, 2.45) is 5.41 Å². The van der Waals surface area contributed by atoms with E-state index >= 15 is 0 Å². The Morgan fingerprint density at radius 1 is 1.43 bits per heavy atom. The normalized spacial score (nSPS) is 21.2. The number of benzene rings is 1. The van der Waals surface area contributed by atoms with Crippen LogP contribution in [0.5, 0.6) is 0 Å². The van der Waals surface area contributed by atoms with Crippen molar-refractivity contribution in [1.29, 1.82) is 0 Å². The molecular formula is C15H19BrN2O3. The zero-order chi connectivity index (χ0) is 15.5. The van der Waals surface area contributed by atoms with Gasteiger partial charge in [0.2, 0.25) is 5.91 Å². The van der Waals surface area contributed by atoms with Gasteiger partial charge < -0.3 is 15.7 Å². The van der Waals surface area contributed by atoms with Crippen LogP contribution in [0.3, 0.4) is 0 Å². The van der Waals surface area contributed by atoms with E-state index in [0.29, 0.717) is 16.7 Å². The highest BCUT2D eigenvalue weighted by molar-refractivity contribution is 9.10. The SMILES string of the molecule is CCCC1(C(=O)Nc2cc(Br)cc(C(=O)O)c2)CCNC1. The Hall–Kier alpha value is -1.40. The third kappa shape index (κ3) is 3.63. The number of carbonyl (C=O) groups excluding carboxylic acids is 1. The lowest BCUT2D eigenvalue weighted by atomic mass is 9.81. The second kappa shape index (κ2) is 6.58. The summed E-state index contributed by atoms with van der Waals surface area (Å²) in [5, 5.41) is 15.2. The third-order valence-electron chi connectivity index (χ3n) is 3.86. The quantitative estimate of drug-likeness (QED) is 0.759. The maximum Gasteiger partial charge on any atom is 0.335 e. The highest BCUT2D eigenvalue weighted by atomic mass is 79.9. The zero-order valence-corrected chi connectivity index (χ0v) is 13.5. The summed E-state index contributed by atoms with van der Waals surface area (Å²) in [6, 6.07) is 4.70. The van der Waals surface area contributed by atoms with E-state index in [4.69, 9.17) is 5.11 Å². The van der Waals surface area contributed by atoms with Crippen molar-refractivity contribution in [3.05, 3.63) is 28.2 Å². The molecular weight excluding hydrogens is 336 g/mol. The van der Waals surface area contributed by atoms with Gasteiger partial charge in [0.15, 0.2) is 0 Å². The molecule has 0 saturated carbocycles. The summed E-state index contributed by atoms with van der Waals surface area (Å²) >= 11 is 3.27. The van der Waals surface area contributed by atoms with Gasteiger partial charge in [0.25, 0.3) is 0 Å². The Morgan fingerprint density at radius 2 is 2.19 bits per heavy atom. The highest BCUT2D eigenvalue weighted by Crippen LogP contribution is 2.33. The average Bonchev–Trinajstić information content (AvgIpc) is 2.88. The van der Waals surface area contributed by atoms with Crippen LogP contribution in [-0.2, 0) is 4.79 Å². The van der Waals surface area contributed by atoms with Crippen LogP contribution in [0.2, 0.25) is 0 Å². The number of carboxylic acids is 1. The van der Waals surface area contributed by atoms with Crippen LogP contribution in [0.25, 0.3) is 0 Å². The minimum Gasteiger partial charge on any atom is -0.478 e. The molecule has 2 rings (SSSR count). The molecule has 1 unspecified atom stereocenters. The van der Waals surface area contributed by atoms with Crippen LogP contribution >= 0.6 is 15.9 Å². The molecule has 1 atom stereocenters. The molecule has 1 saturated heterocycles. The van der Waals surface area contributed by atoms with Crippen molar-refractivity contribution in [3.8, 4) is 0 Å². The van der Waals surface area contributed by atoms with E-state index in [9.17, 15) is 9.59 Å². The molecule has 6 heteroatoms. The van der Waals surface area contributed by atoms with Gasteiger partial charge in [0.1, 0.15) is 0 Å². The lowest BCUT2D eigenvalue weighted by Crippen LogP contribution is -2.38. The summed E-state index contributed by atoms with van der Waals surface area (Å²) in [6.07, 6.45) is 2.58. The van der Waals surface area contributed by atoms with Gasteiger partial charge in [-0.2, -0.15) is 0 Å². The van der Waals surface area contributed by atoms with Crippen LogP contribution in [0.1, 0.15) is 36.5 Å². The van der Waals surface area contributed by atoms with Crippen LogP contribution < -0.4 is 10.6 Å². The van der Waals surface area contributed by atoms with Gasteiger partial charge >= 0.3 is 5.97 Å². The number of hydrogen-bond acceptors (Lipinski definition) is 3. The predicted molar refractivity (Wildman–Crippen MR) is 84.6 cm³/mol. The minimum absolute atomic E-state index is 0.0382. The van der Waals surface area contributed by atoms with Crippen molar-refractivity contribution in [1.82, 2.24) is 5.32 Å². The summed E-state index contributed by atoms with van der Waals surface area (Å²) < 4.78 is 0.631. The summed E-state index contributed by atoms with van der Waals surface area (Å²) in [5.41, 5.74) is 0.267. The molecule has 3 N–H and O–H groups in total. The lowest BCUT2D eigenvalue weighted by molar-refractivity contribution is -0.125. The molecule has 5 nitrogen and oxygen atoms in total. The van der Waals surface area contributed by atoms with Gasteiger partial charge in [0, 0.05) is 16.7 Å². The van der Waals surface area contributed by atoms with E-state index in [2.05, 4.69) is 33.5 Å². The fourth-order valence-electron chi connectivity index (χ4n) is 2.79. The van der Waals surface area contributed by atoms with Crippen molar-refractivity contribution < 1.29 is 14.7 Å². The molecule has 1 amide bonds. The fraction of sp³-hybridized carbons (Fsp3) is 0.467. The topological polar surface area (TPSA) is 78.4 Å². The molecule has 1 aliphatic rings. The first-order valence-electron chi connectivity index (χ1n) is 7.03. The molecule has 0 aromatic heterocycles. The largest absolute Gasteiger partial charge is 0.478 e. The van der Waals surface area contributed by atoms with Crippen LogP contribution in [-0.4, -0.2) is 30.1 Å². The number of aromatic carboxylic acids is 1. The van der Waals surface area contributed by atoms with Crippen molar-refractivity contribution >= 4 is 33.5 Å². The fourth-order valence-corrected chi connectivity index (χ4v) is 3.29. The number of carboxylic acid groups (broad SMARTS) is 1. The first-order valence-corrected chi connectivity index (χ1v) is 7.82. The number of rotatable bonds is 5. The van der Waals surface area contributed by atoms with Crippen LogP contribution in [0, 0.1) is 5.41 Å². The summed E-state index contributed by atoms with van der Waals surface area (Å²) in [4.78, 5) is 23.7. The summed E-state index contributed by atoms with van der Waals surface area (Å²) in [7, 11) is 0. The Bertz CT molecular complexity index is 554. The molecule has 0 radical (unpaired) electrons. The molecule has 1 fully saturated rings. The molecule has 0 bridgehead atoms. The monoisotopic (exact) mass is 354 g/mol. The second-order valence-corrected chi connectivity index (χ2v) is 6.36. The van der Waals surface area contributed by atoms with E-state index < -0.39 is 5.97 Å². The molecule has 21 heavy (non-hydrogen) atoms. The Kier molecular flexibility index (Phi) is 5.00. The highest BCUT2D eigenvalue weighted by Gasteiger charge is 2.40. The van der Waals surface area contributed by atoms with E-state index in [1.165, 1.54) is 12.1 Å². The predicted octanol–water partition coefficient (Wildman–Crippen LogP) is 2.87. The van der Waals surface area contributed by atoms with Crippen molar-refractivity contribution in [3.63, 3.8) is 0 Å². The number of nitrogens with one attached hydrogen (secondary N) is 2. The zero-order valence-electron chi connectivity index (χ0n) is 11.9. The molecule has 1 aromatic rings. The second-order valence-electron chi connectivity index (χ2n) is 5.44. The summed E-state index contributed by atoms with van der Waals surface area (Å²) in [5.74, 6) is -1.05. The summed E-state index contributed by atoms with van der Waals surface area (Å²) in [6.45, 7) is 3.58. The Balaban J connectivity index is 2.20. The van der Waals surface area contributed by atoms with E-state index in [1.54, 1.807) is 6.07 Å². The van der Waals surface area contributed by atoms with Gasteiger partial charge in [-0.1, -0.05) is 29.3 Å². The standard InChI is InChI=1S/C15H19BrN2O3/c1-2-3-15(4-5-17-9-15)14(21)18-12-7-10(13(19)20)6-11(16)8-12/h6-8,17H,2-5,9H2,1H3,(H,18,21)(H,19,20). The number of halogens is 1. The number of anilines is 1. The lowest BCUT2D eigenvalue weighted by Gasteiger charge is -2.26. The van der Waals surface area contributed by atoms with Gasteiger partial charge in [0.05, 0.1) is 11.0 Å². The Labute approximate surface area is 132 Å². The third-order valence-corrected chi connectivity index (χ3v) is 4.31. The molecule has 114 valence electrons. The van der Waals surface area contributed by atoms with Crippen LogP contribution in [0.15, 0.2) is 22.7 Å². The average molecular weight is 355 g/mol. The molecule has 1 aliphatic heterocycles. The Morgan fingerprint density at radius 3 is 2.76 bits per heavy atom. The van der Waals surface area contributed by atoms with Gasteiger partial charge in [-0.05, 0) is 37.6 Å². The van der Waals surface area contributed by atoms with Crippen LogP contribution in [0.4, 0.5) is 5.69 Å². The number of carbonyl (C=O) groups is 2. The molecule has 1 heterocycles. The maximum absolute atomic E-state index is 12.6. The molecule has 0 aliphatic carbocycles. The smallest absolute Gasteiger partial charge is 0.335 e. The number of amides is 1. The van der Waals surface area contributed by atoms with Gasteiger partial charge in [-0.3, -0.25) is 4.79 Å². The van der Waals surface area contributed by atoms with Gasteiger partial charge in [-0.25, -0.2) is 4.79 Å². The van der Waals surface area contributed by atoms with E-state index in [1.807, 2.05) is 0 Å². The molecule has 1 aromatic carbocycles. The number of hydrogen-bond donors (Lipinski definition) is 3. The van der Waals surface area contributed by atoms with E-state index in [0.717, 1.165) is 25.8 Å². The van der Waals surface area contributed by atoms with Gasteiger partial charge in [-0.15, -0.1) is 0 Å². The van der Waals surface area contributed by atoms with E-state index in [-0.39, 0.29) is 16.9 Å². The first-order chi connectivity index (χ1) is 9.97.